The van der Waals surface area contributed by atoms with E-state index in [0.717, 1.165) is 18.8 Å². The molecule has 7 nitrogen and oxygen atoms in total. The Bertz CT molecular complexity index is 880. The van der Waals surface area contributed by atoms with Gasteiger partial charge in [0.15, 0.2) is 13.2 Å². The van der Waals surface area contributed by atoms with Crippen molar-refractivity contribution in [2.75, 3.05) is 36.5 Å². The molecule has 0 radical (unpaired) electrons. The molecule has 0 saturated carbocycles. The van der Waals surface area contributed by atoms with Crippen LogP contribution in [0.4, 0.5) is 11.4 Å². The number of carbonyl (C=O) groups is 2. The molecule has 0 aliphatic carbocycles. The van der Waals surface area contributed by atoms with Gasteiger partial charge in [-0.2, -0.15) is 5.26 Å². The number of rotatable bonds is 7. The summed E-state index contributed by atoms with van der Waals surface area (Å²) < 4.78 is 10.2. The molecule has 1 amide bonds. The number of esters is 1. The van der Waals surface area contributed by atoms with Crippen molar-refractivity contribution in [1.82, 2.24) is 0 Å². The van der Waals surface area contributed by atoms with Crippen LogP contribution < -0.4 is 15.0 Å². The van der Waals surface area contributed by atoms with E-state index >= 15 is 0 Å². The molecule has 1 N–H and O–H groups in total. The van der Waals surface area contributed by atoms with Crippen molar-refractivity contribution >= 4 is 23.3 Å². The zero-order chi connectivity index (χ0) is 21.2. The lowest BCUT2D eigenvalue weighted by atomic mass is 10.2. The summed E-state index contributed by atoms with van der Waals surface area (Å²) in [5.41, 5.74) is 2.31. The van der Waals surface area contributed by atoms with Gasteiger partial charge in [0.1, 0.15) is 5.75 Å². The van der Waals surface area contributed by atoms with Crippen LogP contribution in [0.15, 0.2) is 48.5 Å². The minimum atomic E-state index is -0.647. The Morgan fingerprint density at radius 2 is 1.60 bits per heavy atom. The van der Waals surface area contributed by atoms with E-state index in [9.17, 15) is 9.59 Å². The van der Waals surface area contributed by atoms with Gasteiger partial charge in [-0.05, 0) is 61.4 Å². The molecule has 0 unspecified atom stereocenters. The SMILES string of the molecule is N#Cc1ccc(OCC(=O)OCC(=O)Nc2ccc(N3CCCCCC3)cc2)cc1. The van der Waals surface area contributed by atoms with E-state index in [0.29, 0.717) is 17.0 Å². The van der Waals surface area contributed by atoms with Crippen molar-refractivity contribution in [2.45, 2.75) is 25.7 Å². The highest BCUT2D eigenvalue weighted by molar-refractivity contribution is 5.93. The molecule has 1 fully saturated rings. The lowest BCUT2D eigenvalue weighted by molar-refractivity contribution is -0.149. The van der Waals surface area contributed by atoms with E-state index in [4.69, 9.17) is 14.7 Å². The van der Waals surface area contributed by atoms with Gasteiger partial charge >= 0.3 is 5.97 Å². The first-order valence-corrected chi connectivity index (χ1v) is 10.1. The summed E-state index contributed by atoms with van der Waals surface area (Å²) in [6.07, 6.45) is 4.97. The number of benzene rings is 2. The van der Waals surface area contributed by atoms with E-state index in [1.165, 1.54) is 25.7 Å². The lowest BCUT2D eigenvalue weighted by Crippen LogP contribution is -2.24. The number of anilines is 2. The Morgan fingerprint density at radius 1 is 0.933 bits per heavy atom. The predicted octanol–water partition coefficient (Wildman–Crippen LogP) is 3.50. The second-order valence-corrected chi connectivity index (χ2v) is 7.08. The number of nitriles is 1. The quantitative estimate of drug-likeness (QED) is 0.707. The van der Waals surface area contributed by atoms with Gasteiger partial charge in [0, 0.05) is 24.5 Å². The Labute approximate surface area is 176 Å². The second kappa shape index (κ2) is 10.9. The first kappa shape index (κ1) is 21.2. The van der Waals surface area contributed by atoms with Crippen molar-refractivity contribution in [2.24, 2.45) is 0 Å². The van der Waals surface area contributed by atoms with Crippen LogP contribution in [0.2, 0.25) is 0 Å². The minimum Gasteiger partial charge on any atom is -0.482 e. The summed E-state index contributed by atoms with van der Waals surface area (Å²) in [4.78, 5) is 26.2. The van der Waals surface area contributed by atoms with Crippen LogP contribution in [0.1, 0.15) is 31.2 Å². The van der Waals surface area contributed by atoms with Gasteiger partial charge in [0.05, 0.1) is 11.6 Å². The Morgan fingerprint density at radius 3 is 2.23 bits per heavy atom. The smallest absolute Gasteiger partial charge is 0.344 e. The fourth-order valence-electron chi connectivity index (χ4n) is 3.24. The fraction of sp³-hybridized carbons (Fsp3) is 0.348. The van der Waals surface area contributed by atoms with E-state index in [1.54, 1.807) is 24.3 Å². The monoisotopic (exact) mass is 407 g/mol. The number of nitrogens with one attached hydrogen (secondary N) is 1. The van der Waals surface area contributed by atoms with Gasteiger partial charge in [0.2, 0.25) is 0 Å². The van der Waals surface area contributed by atoms with Crippen molar-refractivity contribution in [3.05, 3.63) is 54.1 Å². The average molecular weight is 407 g/mol. The third-order valence-electron chi connectivity index (χ3n) is 4.83. The molecule has 2 aromatic carbocycles. The zero-order valence-electron chi connectivity index (χ0n) is 16.8. The van der Waals surface area contributed by atoms with Crippen molar-refractivity contribution in [1.29, 1.82) is 5.26 Å². The predicted molar refractivity (Wildman–Crippen MR) is 113 cm³/mol. The molecule has 0 aromatic heterocycles. The van der Waals surface area contributed by atoms with Crippen LogP contribution in [-0.2, 0) is 14.3 Å². The highest BCUT2D eigenvalue weighted by Crippen LogP contribution is 2.21. The van der Waals surface area contributed by atoms with Crippen molar-refractivity contribution in [3.63, 3.8) is 0 Å². The van der Waals surface area contributed by atoms with Gasteiger partial charge < -0.3 is 19.7 Å². The third-order valence-corrected chi connectivity index (χ3v) is 4.83. The fourth-order valence-corrected chi connectivity index (χ4v) is 3.24. The molecular formula is C23H25N3O4. The number of hydrogen-bond donors (Lipinski definition) is 1. The lowest BCUT2D eigenvalue weighted by Gasteiger charge is -2.22. The van der Waals surface area contributed by atoms with E-state index in [1.807, 2.05) is 30.3 Å². The Hall–Kier alpha value is -3.53. The summed E-state index contributed by atoms with van der Waals surface area (Å²) in [5, 5.41) is 11.5. The molecule has 0 spiro atoms. The maximum atomic E-state index is 12.0. The average Bonchev–Trinajstić information content (AvgIpc) is 3.07. The van der Waals surface area contributed by atoms with Crippen LogP contribution in [0.3, 0.4) is 0 Å². The number of amides is 1. The molecule has 156 valence electrons. The first-order chi connectivity index (χ1) is 14.6. The van der Waals surface area contributed by atoms with E-state index in [2.05, 4.69) is 10.2 Å². The molecular weight excluding hydrogens is 382 g/mol. The van der Waals surface area contributed by atoms with Gasteiger partial charge in [-0.1, -0.05) is 12.8 Å². The van der Waals surface area contributed by atoms with Crippen molar-refractivity contribution < 1.29 is 19.1 Å². The Kier molecular flexibility index (Phi) is 7.67. The van der Waals surface area contributed by atoms with Crippen molar-refractivity contribution in [3.8, 4) is 11.8 Å². The van der Waals surface area contributed by atoms with Crippen LogP contribution in [0.5, 0.6) is 5.75 Å². The van der Waals surface area contributed by atoms with Gasteiger partial charge in [-0.15, -0.1) is 0 Å². The molecule has 0 bridgehead atoms. The maximum Gasteiger partial charge on any atom is 0.344 e. The number of carbonyl (C=O) groups excluding carboxylic acids is 2. The van der Waals surface area contributed by atoms with Gasteiger partial charge in [0.25, 0.3) is 5.91 Å². The molecule has 3 rings (SSSR count). The summed E-state index contributed by atoms with van der Waals surface area (Å²) >= 11 is 0. The summed E-state index contributed by atoms with van der Waals surface area (Å²) in [7, 11) is 0. The standard InChI is InChI=1S/C23H25N3O4/c24-15-18-5-11-21(12-6-18)29-17-23(28)30-16-22(27)25-19-7-9-20(10-8-19)26-13-3-1-2-4-14-26/h5-12H,1-4,13-14,16-17H2,(H,25,27). The number of ether oxygens (including phenoxy) is 2. The minimum absolute atomic E-state index is 0.316. The number of nitrogens with zero attached hydrogens (tertiary/aromatic N) is 2. The Balaban J connectivity index is 1.39. The van der Waals surface area contributed by atoms with E-state index < -0.39 is 11.9 Å². The summed E-state index contributed by atoms with van der Waals surface area (Å²) in [6, 6.07) is 16.1. The molecule has 1 aliphatic rings. The molecule has 2 aromatic rings. The van der Waals surface area contributed by atoms with Crippen LogP contribution >= 0.6 is 0 Å². The largest absolute Gasteiger partial charge is 0.482 e. The van der Waals surface area contributed by atoms with E-state index in [-0.39, 0.29) is 13.2 Å². The molecule has 1 saturated heterocycles. The molecule has 1 heterocycles. The normalized spacial score (nSPS) is 13.6. The number of hydrogen-bond acceptors (Lipinski definition) is 6. The molecule has 1 aliphatic heterocycles. The van der Waals surface area contributed by atoms with Crippen LogP contribution in [-0.4, -0.2) is 38.2 Å². The summed E-state index contributed by atoms with van der Waals surface area (Å²) in [6.45, 7) is 1.42. The van der Waals surface area contributed by atoms with Crippen LogP contribution in [0.25, 0.3) is 0 Å². The van der Waals surface area contributed by atoms with Gasteiger partial charge in [-0.3, -0.25) is 4.79 Å². The molecule has 0 atom stereocenters. The zero-order valence-corrected chi connectivity index (χ0v) is 16.8. The highest BCUT2D eigenvalue weighted by Gasteiger charge is 2.11. The first-order valence-electron chi connectivity index (χ1n) is 10.1. The third kappa shape index (κ3) is 6.52. The highest BCUT2D eigenvalue weighted by atomic mass is 16.6. The summed E-state index contributed by atoms with van der Waals surface area (Å²) in [5.74, 6) is -0.616. The molecule has 30 heavy (non-hydrogen) atoms. The maximum absolute atomic E-state index is 12.0. The van der Waals surface area contributed by atoms with Gasteiger partial charge in [-0.25, -0.2) is 4.79 Å². The molecule has 7 heteroatoms. The van der Waals surface area contributed by atoms with Crippen LogP contribution in [0, 0.1) is 11.3 Å². The second-order valence-electron chi connectivity index (χ2n) is 7.08. The topological polar surface area (TPSA) is 91.7 Å².